The van der Waals surface area contributed by atoms with E-state index in [1.54, 1.807) is 0 Å². The van der Waals surface area contributed by atoms with Gasteiger partial charge in [-0.1, -0.05) is 0 Å². The van der Waals surface area contributed by atoms with Crippen LogP contribution in [0.3, 0.4) is 0 Å². The van der Waals surface area contributed by atoms with Crippen LogP contribution in [-0.2, 0) is 9.47 Å². The monoisotopic (exact) mass is 296 g/mol. The summed E-state index contributed by atoms with van der Waals surface area (Å²) in [7, 11) is 0. The predicted molar refractivity (Wildman–Crippen MR) is 57.4 cm³/mol. The lowest BCUT2D eigenvalue weighted by Gasteiger charge is -2.13. The van der Waals surface area contributed by atoms with E-state index >= 15 is 0 Å². The van der Waals surface area contributed by atoms with Crippen LogP contribution in [0.1, 0.15) is 25.9 Å². The van der Waals surface area contributed by atoms with Crippen molar-refractivity contribution in [3.8, 4) is 0 Å². The first-order valence-corrected chi connectivity index (χ1v) is 5.34. The fourth-order valence-electron chi connectivity index (χ4n) is 0.970. The number of furan rings is 1. The van der Waals surface area contributed by atoms with Gasteiger partial charge in [0.15, 0.2) is 9.53 Å². The Morgan fingerprint density at radius 3 is 2.31 bits per heavy atom. The Labute approximate surface area is 91.5 Å². The van der Waals surface area contributed by atoms with Crippen LogP contribution in [0.2, 0.25) is 0 Å². The van der Waals surface area contributed by atoms with Crippen molar-refractivity contribution in [1.82, 2.24) is 0 Å². The molecule has 0 radical (unpaired) electrons. The molecule has 13 heavy (non-hydrogen) atoms. The zero-order chi connectivity index (χ0) is 9.68. The second kappa shape index (κ2) is 5.62. The maximum Gasteiger partial charge on any atom is 0.217 e. The second-order valence-electron chi connectivity index (χ2n) is 2.38. The first-order chi connectivity index (χ1) is 6.27. The third-order valence-electron chi connectivity index (χ3n) is 1.46. The van der Waals surface area contributed by atoms with Gasteiger partial charge in [-0.25, -0.2) is 0 Å². The zero-order valence-corrected chi connectivity index (χ0v) is 9.91. The van der Waals surface area contributed by atoms with Gasteiger partial charge in [0.25, 0.3) is 0 Å². The zero-order valence-electron chi connectivity index (χ0n) is 7.75. The average molecular weight is 296 g/mol. The largest absolute Gasteiger partial charge is 0.450 e. The van der Waals surface area contributed by atoms with E-state index in [-0.39, 0.29) is 6.29 Å². The number of ether oxygens (including phenoxy) is 2. The molecule has 0 fully saturated rings. The van der Waals surface area contributed by atoms with E-state index < -0.39 is 0 Å². The van der Waals surface area contributed by atoms with Crippen LogP contribution in [-0.4, -0.2) is 13.2 Å². The van der Waals surface area contributed by atoms with Crippen LogP contribution in [0, 0.1) is 3.77 Å². The Kier molecular flexibility index (Phi) is 4.76. The van der Waals surface area contributed by atoms with Crippen LogP contribution >= 0.6 is 22.6 Å². The highest BCUT2D eigenvalue weighted by Gasteiger charge is 2.14. The van der Waals surface area contributed by atoms with E-state index in [0.29, 0.717) is 13.2 Å². The molecule has 0 aliphatic heterocycles. The summed E-state index contributed by atoms with van der Waals surface area (Å²) in [5.74, 6) is 0.730. The van der Waals surface area contributed by atoms with Crippen LogP contribution in [0.15, 0.2) is 16.5 Å². The Morgan fingerprint density at radius 1 is 1.31 bits per heavy atom. The fourth-order valence-corrected chi connectivity index (χ4v) is 1.40. The summed E-state index contributed by atoms with van der Waals surface area (Å²) in [6, 6.07) is 3.76. The first-order valence-electron chi connectivity index (χ1n) is 4.26. The molecule has 1 aromatic rings. The van der Waals surface area contributed by atoms with Crippen molar-refractivity contribution in [3.05, 3.63) is 21.7 Å². The fraction of sp³-hybridized carbons (Fsp3) is 0.556. The Balaban J connectivity index is 2.63. The lowest BCUT2D eigenvalue weighted by Crippen LogP contribution is -2.07. The van der Waals surface area contributed by atoms with Crippen LogP contribution < -0.4 is 0 Å². The number of rotatable bonds is 5. The summed E-state index contributed by atoms with van der Waals surface area (Å²) in [4.78, 5) is 0. The van der Waals surface area contributed by atoms with Crippen LogP contribution in [0.4, 0.5) is 0 Å². The quantitative estimate of drug-likeness (QED) is 0.618. The lowest BCUT2D eigenvalue weighted by molar-refractivity contribution is -0.150. The molecule has 0 N–H and O–H groups in total. The summed E-state index contributed by atoms with van der Waals surface area (Å²) in [5, 5.41) is 0. The molecule has 0 atom stereocenters. The molecule has 0 aliphatic rings. The molecular weight excluding hydrogens is 283 g/mol. The molecule has 0 saturated heterocycles. The van der Waals surface area contributed by atoms with E-state index in [9.17, 15) is 0 Å². The van der Waals surface area contributed by atoms with E-state index in [2.05, 4.69) is 22.6 Å². The Hall–Kier alpha value is -0.0700. The molecule has 1 heterocycles. The minimum absolute atomic E-state index is 0.362. The Morgan fingerprint density at radius 2 is 1.92 bits per heavy atom. The lowest BCUT2D eigenvalue weighted by atomic mass is 10.4. The van der Waals surface area contributed by atoms with Crippen molar-refractivity contribution < 1.29 is 13.9 Å². The highest BCUT2D eigenvalue weighted by molar-refractivity contribution is 14.1. The van der Waals surface area contributed by atoms with Crippen LogP contribution in [0.25, 0.3) is 0 Å². The third-order valence-corrected chi connectivity index (χ3v) is 2.04. The minimum atomic E-state index is -0.362. The van der Waals surface area contributed by atoms with E-state index in [1.807, 2.05) is 26.0 Å². The molecule has 0 aliphatic carbocycles. The molecule has 0 saturated carbocycles. The first kappa shape index (κ1) is 11.0. The molecule has 0 amide bonds. The van der Waals surface area contributed by atoms with Crippen molar-refractivity contribution in [3.63, 3.8) is 0 Å². The molecule has 0 bridgehead atoms. The van der Waals surface area contributed by atoms with Gasteiger partial charge >= 0.3 is 0 Å². The van der Waals surface area contributed by atoms with Gasteiger partial charge in [0.05, 0.1) is 0 Å². The van der Waals surface area contributed by atoms with Crippen molar-refractivity contribution >= 4 is 22.6 Å². The highest BCUT2D eigenvalue weighted by Crippen LogP contribution is 2.22. The molecule has 3 nitrogen and oxygen atoms in total. The maximum absolute atomic E-state index is 5.39. The van der Waals surface area contributed by atoms with Crippen LogP contribution in [0.5, 0.6) is 0 Å². The molecule has 4 heteroatoms. The van der Waals surface area contributed by atoms with Gasteiger partial charge in [0, 0.05) is 13.2 Å². The number of hydrogen-bond donors (Lipinski definition) is 0. The molecule has 74 valence electrons. The van der Waals surface area contributed by atoms with Crippen molar-refractivity contribution in [2.45, 2.75) is 20.1 Å². The summed E-state index contributed by atoms with van der Waals surface area (Å²) >= 11 is 2.11. The molecule has 0 aromatic carbocycles. The summed E-state index contributed by atoms with van der Waals surface area (Å²) in [6.07, 6.45) is -0.362. The topological polar surface area (TPSA) is 31.6 Å². The molecule has 1 aromatic heterocycles. The van der Waals surface area contributed by atoms with E-state index in [1.165, 1.54) is 0 Å². The third kappa shape index (κ3) is 3.28. The summed E-state index contributed by atoms with van der Waals surface area (Å²) < 4.78 is 17.0. The van der Waals surface area contributed by atoms with Crippen molar-refractivity contribution in [2.75, 3.05) is 13.2 Å². The SMILES string of the molecule is CCOC(OCC)c1ccc(I)o1. The van der Waals surface area contributed by atoms with Gasteiger partial charge < -0.3 is 13.9 Å². The minimum Gasteiger partial charge on any atom is -0.450 e. The smallest absolute Gasteiger partial charge is 0.217 e. The summed E-state index contributed by atoms with van der Waals surface area (Å²) in [5.41, 5.74) is 0. The Bertz CT molecular complexity index is 241. The van der Waals surface area contributed by atoms with Crippen molar-refractivity contribution in [1.29, 1.82) is 0 Å². The maximum atomic E-state index is 5.39. The summed E-state index contributed by atoms with van der Waals surface area (Å²) in [6.45, 7) is 5.09. The molecular formula is C9H13IO3. The number of halogens is 1. The van der Waals surface area contributed by atoms with Crippen molar-refractivity contribution in [2.24, 2.45) is 0 Å². The van der Waals surface area contributed by atoms with Gasteiger partial charge in [-0.3, -0.25) is 0 Å². The van der Waals surface area contributed by atoms with E-state index in [0.717, 1.165) is 9.53 Å². The van der Waals surface area contributed by atoms with Gasteiger partial charge in [-0.05, 0) is 48.6 Å². The van der Waals surface area contributed by atoms with E-state index in [4.69, 9.17) is 13.9 Å². The van der Waals surface area contributed by atoms with Gasteiger partial charge in [0.1, 0.15) is 0 Å². The van der Waals surface area contributed by atoms with Gasteiger partial charge in [0.2, 0.25) is 6.29 Å². The highest BCUT2D eigenvalue weighted by atomic mass is 127. The molecule has 0 spiro atoms. The number of hydrogen-bond acceptors (Lipinski definition) is 3. The molecule has 1 rings (SSSR count). The van der Waals surface area contributed by atoms with Gasteiger partial charge in [-0.2, -0.15) is 0 Å². The predicted octanol–water partition coefficient (Wildman–Crippen LogP) is 2.96. The second-order valence-corrected chi connectivity index (χ2v) is 3.45. The average Bonchev–Trinajstić information content (AvgIpc) is 2.51. The normalized spacial score (nSPS) is 11.1. The van der Waals surface area contributed by atoms with Gasteiger partial charge in [-0.15, -0.1) is 0 Å². The molecule has 0 unspecified atom stereocenters. The standard InChI is InChI=1S/C9H13IO3/c1-3-11-9(12-4-2)7-5-6-8(10)13-7/h5-6,9H,3-4H2,1-2H3.